The summed E-state index contributed by atoms with van der Waals surface area (Å²) >= 11 is 0. The Morgan fingerprint density at radius 3 is 2.48 bits per heavy atom. The second-order valence-corrected chi connectivity index (χ2v) is 6.59. The average Bonchev–Trinajstić information content (AvgIpc) is 2.35. The fourth-order valence-corrected chi connectivity index (χ4v) is 2.41. The van der Waals surface area contributed by atoms with Gasteiger partial charge in [0.25, 0.3) is 0 Å². The first kappa shape index (κ1) is 15.8. The molecule has 0 saturated carbocycles. The van der Waals surface area contributed by atoms with Crippen LogP contribution in [0.1, 0.15) is 38.8 Å². The Bertz CT molecular complexity index is 488. The molecule has 1 amide bonds. The van der Waals surface area contributed by atoms with Crippen molar-refractivity contribution in [3.8, 4) is 0 Å². The molecule has 1 aliphatic rings. The molecule has 2 rings (SSSR count). The Morgan fingerprint density at radius 2 is 1.90 bits per heavy atom. The minimum absolute atomic E-state index is 0.213. The zero-order valence-corrected chi connectivity index (χ0v) is 13.5. The van der Waals surface area contributed by atoms with Crippen LogP contribution in [-0.4, -0.2) is 35.7 Å². The summed E-state index contributed by atoms with van der Waals surface area (Å²) in [5.41, 5.74) is 2.30. The zero-order chi connectivity index (χ0) is 15.5. The van der Waals surface area contributed by atoms with Crippen molar-refractivity contribution in [2.45, 2.75) is 52.3 Å². The second-order valence-electron chi connectivity index (χ2n) is 6.59. The number of amides is 1. The van der Waals surface area contributed by atoms with Crippen molar-refractivity contribution < 1.29 is 9.53 Å². The molecule has 116 valence electrons. The molecule has 0 aromatic heterocycles. The summed E-state index contributed by atoms with van der Waals surface area (Å²) in [6, 6.07) is 8.85. The number of aryl methyl sites for hydroxylation is 1. The van der Waals surface area contributed by atoms with Crippen LogP contribution in [0, 0.1) is 0 Å². The monoisotopic (exact) mass is 290 g/mol. The number of ether oxygens (including phenoxy) is 1. The summed E-state index contributed by atoms with van der Waals surface area (Å²) in [4.78, 5) is 13.6. The number of nitrogens with one attached hydrogen (secondary N) is 1. The first-order valence-electron chi connectivity index (χ1n) is 7.67. The van der Waals surface area contributed by atoms with Crippen molar-refractivity contribution in [2.75, 3.05) is 13.1 Å². The maximum Gasteiger partial charge on any atom is 0.410 e. The third-order valence-electron chi connectivity index (χ3n) is 3.61. The molecule has 1 fully saturated rings. The molecule has 1 aromatic rings. The lowest BCUT2D eigenvalue weighted by atomic mass is 10.0. The van der Waals surface area contributed by atoms with Gasteiger partial charge in [0.05, 0.1) is 0 Å². The van der Waals surface area contributed by atoms with Gasteiger partial charge in [-0.2, -0.15) is 0 Å². The summed E-state index contributed by atoms with van der Waals surface area (Å²) in [6.07, 6.45) is 0.835. The van der Waals surface area contributed by atoms with Gasteiger partial charge in [0.1, 0.15) is 5.60 Å². The van der Waals surface area contributed by atoms with Gasteiger partial charge in [-0.25, -0.2) is 4.79 Å². The van der Waals surface area contributed by atoms with E-state index in [1.807, 2.05) is 20.8 Å². The van der Waals surface area contributed by atoms with Gasteiger partial charge in [-0.05, 0) is 38.3 Å². The van der Waals surface area contributed by atoms with Gasteiger partial charge in [-0.1, -0.05) is 31.2 Å². The van der Waals surface area contributed by atoms with Crippen molar-refractivity contribution in [1.29, 1.82) is 0 Å². The number of hydrogen-bond acceptors (Lipinski definition) is 3. The lowest BCUT2D eigenvalue weighted by Crippen LogP contribution is -2.60. The van der Waals surface area contributed by atoms with Crippen LogP contribution in [0.4, 0.5) is 4.79 Å². The van der Waals surface area contributed by atoms with Crippen molar-refractivity contribution in [3.63, 3.8) is 0 Å². The Morgan fingerprint density at radius 1 is 1.29 bits per heavy atom. The van der Waals surface area contributed by atoms with Crippen LogP contribution < -0.4 is 5.32 Å². The molecule has 21 heavy (non-hydrogen) atoms. The first-order valence-corrected chi connectivity index (χ1v) is 7.67. The molecule has 0 unspecified atom stereocenters. The van der Waals surface area contributed by atoms with Gasteiger partial charge in [0.2, 0.25) is 0 Å². The molecule has 1 heterocycles. The quantitative estimate of drug-likeness (QED) is 0.927. The van der Waals surface area contributed by atoms with Crippen LogP contribution in [0.5, 0.6) is 0 Å². The zero-order valence-electron chi connectivity index (χ0n) is 13.5. The Balaban J connectivity index is 1.75. The van der Waals surface area contributed by atoms with Gasteiger partial charge in [-0.15, -0.1) is 0 Å². The van der Waals surface area contributed by atoms with E-state index in [9.17, 15) is 4.79 Å². The van der Waals surface area contributed by atoms with Gasteiger partial charge < -0.3 is 15.0 Å². The molecular weight excluding hydrogens is 264 g/mol. The smallest absolute Gasteiger partial charge is 0.410 e. The van der Waals surface area contributed by atoms with Crippen molar-refractivity contribution in [1.82, 2.24) is 10.2 Å². The molecule has 0 aliphatic carbocycles. The summed E-state index contributed by atoms with van der Waals surface area (Å²) in [5, 5.41) is 3.51. The van der Waals surface area contributed by atoms with Crippen LogP contribution >= 0.6 is 0 Å². The first-order chi connectivity index (χ1) is 9.89. The van der Waals surface area contributed by atoms with E-state index >= 15 is 0 Å². The molecule has 0 bridgehead atoms. The molecule has 4 nitrogen and oxygen atoms in total. The predicted octanol–water partition coefficient (Wildman–Crippen LogP) is 2.96. The highest BCUT2D eigenvalue weighted by Gasteiger charge is 2.33. The van der Waals surface area contributed by atoms with E-state index in [4.69, 9.17) is 4.74 Å². The topological polar surface area (TPSA) is 41.6 Å². The number of carbonyl (C=O) groups excluding carboxylic acids is 1. The molecule has 1 N–H and O–H groups in total. The van der Waals surface area contributed by atoms with Crippen LogP contribution in [0.25, 0.3) is 0 Å². The van der Waals surface area contributed by atoms with E-state index < -0.39 is 5.60 Å². The van der Waals surface area contributed by atoms with E-state index in [1.165, 1.54) is 11.1 Å². The van der Waals surface area contributed by atoms with Crippen LogP contribution in [0.2, 0.25) is 0 Å². The minimum Gasteiger partial charge on any atom is -0.444 e. The number of carbonyl (C=O) groups is 1. The maximum atomic E-state index is 11.8. The summed E-state index contributed by atoms with van der Waals surface area (Å²) in [7, 11) is 0. The van der Waals surface area contributed by atoms with E-state index in [1.54, 1.807) is 4.90 Å². The number of benzene rings is 1. The lowest BCUT2D eigenvalue weighted by molar-refractivity contribution is 0.00518. The van der Waals surface area contributed by atoms with E-state index in [0.717, 1.165) is 26.1 Å². The molecule has 1 aromatic carbocycles. The number of likely N-dealkylation sites (tertiary alicyclic amines) is 1. The molecule has 1 aliphatic heterocycles. The molecular formula is C17H26N2O2. The summed E-state index contributed by atoms with van der Waals surface area (Å²) in [6.45, 7) is 10.2. The summed E-state index contributed by atoms with van der Waals surface area (Å²) < 4.78 is 5.35. The third kappa shape index (κ3) is 4.46. The lowest BCUT2D eigenvalue weighted by Gasteiger charge is -2.40. The Labute approximate surface area is 127 Å². The number of nitrogens with zero attached hydrogens (tertiary/aromatic N) is 1. The molecule has 4 heteroatoms. The van der Waals surface area contributed by atoms with E-state index in [-0.39, 0.29) is 6.09 Å². The van der Waals surface area contributed by atoms with Gasteiger partial charge >= 0.3 is 6.09 Å². The normalized spacial score (nSPS) is 15.7. The highest BCUT2D eigenvalue weighted by Crippen LogP contribution is 2.16. The fourth-order valence-electron chi connectivity index (χ4n) is 2.41. The largest absolute Gasteiger partial charge is 0.444 e. The number of rotatable bonds is 4. The highest BCUT2D eigenvalue weighted by atomic mass is 16.6. The van der Waals surface area contributed by atoms with Crippen LogP contribution in [0.3, 0.4) is 0 Å². The average molecular weight is 290 g/mol. The van der Waals surface area contributed by atoms with Crippen LogP contribution in [0.15, 0.2) is 24.3 Å². The Hall–Kier alpha value is -1.55. The summed E-state index contributed by atoms with van der Waals surface area (Å²) in [5.74, 6) is 0. The second kappa shape index (κ2) is 6.48. The van der Waals surface area contributed by atoms with Crippen molar-refractivity contribution in [2.24, 2.45) is 0 Å². The SMILES string of the molecule is CCc1ccccc1CNC1CN(C(=O)OC(C)(C)C)C1. The van der Waals surface area contributed by atoms with E-state index in [0.29, 0.717) is 6.04 Å². The van der Waals surface area contributed by atoms with Gasteiger partial charge in [-0.3, -0.25) is 0 Å². The third-order valence-corrected chi connectivity index (χ3v) is 3.61. The van der Waals surface area contributed by atoms with Crippen molar-refractivity contribution >= 4 is 6.09 Å². The number of hydrogen-bond donors (Lipinski definition) is 1. The maximum absolute atomic E-state index is 11.8. The Kier molecular flexibility index (Phi) is 4.88. The highest BCUT2D eigenvalue weighted by molar-refractivity contribution is 5.69. The standard InChI is InChI=1S/C17H26N2O2/c1-5-13-8-6-7-9-14(13)10-18-15-11-19(12-15)16(20)21-17(2,3)4/h6-9,15,18H,5,10-12H2,1-4H3. The molecule has 0 atom stereocenters. The van der Waals surface area contributed by atoms with E-state index in [2.05, 4.69) is 36.5 Å². The van der Waals surface area contributed by atoms with Gasteiger partial charge in [0, 0.05) is 25.7 Å². The predicted molar refractivity (Wildman–Crippen MR) is 84.3 cm³/mol. The fraction of sp³-hybridized carbons (Fsp3) is 0.588. The van der Waals surface area contributed by atoms with Crippen LogP contribution in [-0.2, 0) is 17.7 Å². The molecule has 0 radical (unpaired) electrons. The minimum atomic E-state index is -0.421. The van der Waals surface area contributed by atoms with Crippen molar-refractivity contribution in [3.05, 3.63) is 35.4 Å². The van der Waals surface area contributed by atoms with Gasteiger partial charge in [0.15, 0.2) is 0 Å². The molecule has 0 spiro atoms. The molecule has 1 saturated heterocycles.